The molecule has 0 bridgehead atoms. The molecule has 0 unspecified atom stereocenters. The smallest absolute Gasteiger partial charge is 0.124 e. The zero-order chi connectivity index (χ0) is 13.4. The van der Waals surface area contributed by atoms with Crippen LogP contribution in [0, 0.1) is 0 Å². The Bertz CT molecular complexity index is 521. The zero-order valence-corrected chi connectivity index (χ0v) is 10.7. The van der Waals surface area contributed by atoms with E-state index in [1.165, 1.54) is 0 Å². The summed E-state index contributed by atoms with van der Waals surface area (Å²) in [4.78, 5) is 8.35. The molecule has 4 heteroatoms. The molecule has 0 fully saturated rings. The number of nitrogens with two attached hydrogens (primary N) is 2. The Balaban J connectivity index is 0.000000771. The molecule has 0 radical (unpaired) electrons. The minimum Gasteiger partial charge on any atom is -0.397 e. The van der Waals surface area contributed by atoms with Crippen LogP contribution in [0.1, 0.15) is 19.5 Å². The minimum atomic E-state index is 0.477. The van der Waals surface area contributed by atoms with Crippen molar-refractivity contribution in [1.82, 2.24) is 4.98 Å². The summed E-state index contributed by atoms with van der Waals surface area (Å²) in [6.07, 6.45) is 1.64. The van der Waals surface area contributed by atoms with Crippen molar-refractivity contribution in [1.29, 1.82) is 0 Å². The molecule has 0 aliphatic heterocycles. The Labute approximate surface area is 107 Å². The number of nitrogens with zero attached hydrogens (tertiary/aromatic N) is 2. The fourth-order valence-electron chi connectivity index (χ4n) is 1.28. The highest BCUT2D eigenvalue weighted by Crippen LogP contribution is 2.20. The minimum absolute atomic E-state index is 0.477. The molecule has 4 nitrogen and oxygen atoms in total. The predicted octanol–water partition coefficient (Wildman–Crippen LogP) is 3.02. The van der Waals surface area contributed by atoms with Crippen LogP contribution in [0.25, 0.3) is 0 Å². The lowest BCUT2D eigenvalue weighted by Crippen LogP contribution is -1.93. The largest absolute Gasteiger partial charge is 0.397 e. The van der Waals surface area contributed by atoms with Gasteiger partial charge in [-0.05, 0) is 24.3 Å². The van der Waals surface area contributed by atoms with Crippen molar-refractivity contribution < 1.29 is 0 Å². The van der Waals surface area contributed by atoms with Gasteiger partial charge in [0.1, 0.15) is 5.82 Å². The molecule has 0 saturated heterocycles. The van der Waals surface area contributed by atoms with E-state index >= 15 is 0 Å². The number of rotatable bonds is 2. The lowest BCUT2D eigenvalue weighted by Gasteiger charge is -1.98. The van der Waals surface area contributed by atoms with E-state index < -0.39 is 0 Å². The van der Waals surface area contributed by atoms with Crippen LogP contribution in [0.2, 0.25) is 0 Å². The zero-order valence-electron chi connectivity index (χ0n) is 10.7. The Hall–Kier alpha value is -2.36. The van der Waals surface area contributed by atoms with Crippen molar-refractivity contribution in [2.24, 2.45) is 4.99 Å². The first-order valence-corrected chi connectivity index (χ1v) is 5.87. The van der Waals surface area contributed by atoms with Gasteiger partial charge in [0.25, 0.3) is 0 Å². The Morgan fingerprint density at radius 1 is 1.00 bits per heavy atom. The maximum absolute atomic E-state index is 5.76. The van der Waals surface area contributed by atoms with Crippen molar-refractivity contribution in [3.8, 4) is 0 Å². The van der Waals surface area contributed by atoms with E-state index in [-0.39, 0.29) is 0 Å². The standard InChI is InChI=1S/C12H12N4.C2H6/c13-10-5-1-2-6-11(10)15-8-9-4-3-7-12(14)16-9;1-2/h1-8H,13H2,(H2,14,16);1-2H3. The first kappa shape index (κ1) is 13.7. The third-order valence-corrected chi connectivity index (χ3v) is 2.06. The van der Waals surface area contributed by atoms with Crippen LogP contribution < -0.4 is 11.5 Å². The molecule has 0 amide bonds. The summed E-state index contributed by atoms with van der Waals surface area (Å²) in [5.74, 6) is 0.477. The average Bonchev–Trinajstić information content (AvgIpc) is 2.40. The van der Waals surface area contributed by atoms with Crippen LogP contribution in [-0.2, 0) is 0 Å². The van der Waals surface area contributed by atoms with Gasteiger partial charge in [-0.3, -0.25) is 4.99 Å². The number of aromatic nitrogens is 1. The molecular formula is C14H18N4. The van der Waals surface area contributed by atoms with Crippen LogP contribution in [0.5, 0.6) is 0 Å². The molecule has 2 rings (SSSR count). The van der Waals surface area contributed by atoms with E-state index in [4.69, 9.17) is 11.5 Å². The highest BCUT2D eigenvalue weighted by Gasteiger charge is 1.94. The van der Waals surface area contributed by atoms with Gasteiger partial charge in [0, 0.05) is 0 Å². The first-order chi connectivity index (χ1) is 8.75. The molecule has 0 aliphatic carbocycles. The molecule has 1 aromatic heterocycles. The summed E-state index contributed by atoms with van der Waals surface area (Å²) in [6.45, 7) is 4.00. The molecule has 18 heavy (non-hydrogen) atoms. The second kappa shape index (κ2) is 7.06. The molecule has 2 aromatic rings. The van der Waals surface area contributed by atoms with Crippen LogP contribution >= 0.6 is 0 Å². The van der Waals surface area contributed by atoms with E-state index in [0.29, 0.717) is 17.2 Å². The fourth-order valence-corrected chi connectivity index (χ4v) is 1.28. The Morgan fingerprint density at radius 2 is 1.72 bits per heavy atom. The molecule has 0 saturated carbocycles. The van der Waals surface area contributed by atoms with Crippen molar-refractivity contribution in [3.63, 3.8) is 0 Å². The van der Waals surface area contributed by atoms with Crippen molar-refractivity contribution in [2.45, 2.75) is 13.8 Å². The van der Waals surface area contributed by atoms with E-state index in [1.54, 1.807) is 18.3 Å². The Kier molecular flexibility index (Phi) is 5.38. The number of para-hydroxylation sites is 2. The van der Waals surface area contributed by atoms with E-state index in [0.717, 1.165) is 5.69 Å². The van der Waals surface area contributed by atoms with E-state index in [1.807, 2.05) is 44.2 Å². The highest BCUT2D eigenvalue weighted by molar-refractivity contribution is 5.82. The summed E-state index contributed by atoms with van der Waals surface area (Å²) >= 11 is 0. The van der Waals surface area contributed by atoms with Gasteiger partial charge in [0.2, 0.25) is 0 Å². The van der Waals surface area contributed by atoms with Crippen molar-refractivity contribution in [3.05, 3.63) is 48.2 Å². The monoisotopic (exact) mass is 242 g/mol. The number of hydrogen-bond donors (Lipinski definition) is 2. The SMILES string of the molecule is CC.Nc1cccc(C=Nc2ccccc2N)n1. The topological polar surface area (TPSA) is 77.3 Å². The Morgan fingerprint density at radius 3 is 2.39 bits per heavy atom. The first-order valence-electron chi connectivity index (χ1n) is 5.87. The van der Waals surface area contributed by atoms with Gasteiger partial charge in [-0.15, -0.1) is 0 Å². The number of anilines is 2. The van der Waals surface area contributed by atoms with Crippen molar-refractivity contribution >= 4 is 23.4 Å². The van der Waals surface area contributed by atoms with Gasteiger partial charge < -0.3 is 11.5 Å². The number of hydrogen-bond acceptors (Lipinski definition) is 4. The van der Waals surface area contributed by atoms with E-state index in [2.05, 4.69) is 9.98 Å². The normalized spacial score (nSPS) is 9.89. The number of pyridine rings is 1. The summed E-state index contributed by atoms with van der Waals surface area (Å²) in [6, 6.07) is 12.8. The van der Waals surface area contributed by atoms with Crippen LogP contribution in [0.15, 0.2) is 47.5 Å². The highest BCUT2D eigenvalue weighted by atomic mass is 14.9. The summed E-state index contributed by atoms with van der Waals surface area (Å²) in [7, 11) is 0. The van der Waals surface area contributed by atoms with Crippen LogP contribution in [0.4, 0.5) is 17.2 Å². The third kappa shape index (κ3) is 3.90. The quantitative estimate of drug-likeness (QED) is 0.627. The second-order valence-corrected chi connectivity index (χ2v) is 3.30. The third-order valence-electron chi connectivity index (χ3n) is 2.06. The predicted molar refractivity (Wildman–Crippen MR) is 78.1 cm³/mol. The van der Waals surface area contributed by atoms with Crippen LogP contribution in [-0.4, -0.2) is 11.2 Å². The maximum atomic E-state index is 5.76. The van der Waals surface area contributed by atoms with Gasteiger partial charge in [0.15, 0.2) is 0 Å². The molecule has 1 heterocycles. The van der Waals surface area contributed by atoms with Crippen LogP contribution in [0.3, 0.4) is 0 Å². The lowest BCUT2D eigenvalue weighted by atomic mass is 10.3. The van der Waals surface area contributed by atoms with Crippen molar-refractivity contribution in [2.75, 3.05) is 11.5 Å². The van der Waals surface area contributed by atoms with Gasteiger partial charge in [0.05, 0.1) is 23.3 Å². The average molecular weight is 242 g/mol. The molecule has 1 aromatic carbocycles. The molecule has 0 aliphatic rings. The van der Waals surface area contributed by atoms with Gasteiger partial charge in [-0.1, -0.05) is 32.0 Å². The van der Waals surface area contributed by atoms with Gasteiger partial charge in [-0.2, -0.15) is 0 Å². The number of nitrogen functional groups attached to an aromatic ring is 2. The summed E-state index contributed by atoms with van der Waals surface area (Å²) in [5.41, 5.74) is 13.4. The molecule has 0 atom stereocenters. The number of benzene rings is 1. The lowest BCUT2D eigenvalue weighted by molar-refractivity contribution is 1.31. The van der Waals surface area contributed by atoms with Gasteiger partial charge >= 0.3 is 0 Å². The second-order valence-electron chi connectivity index (χ2n) is 3.30. The summed E-state index contributed by atoms with van der Waals surface area (Å²) < 4.78 is 0. The molecule has 94 valence electrons. The molecule has 0 spiro atoms. The maximum Gasteiger partial charge on any atom is 0.124 e. The molecule has 4 N–H and O–H groups in total. The molecular weight excluding hydrogens is 224 g/mol. The number of aliphatic imine (C=N–C) groups is 1. The van der Waals surface area contributed by atoms with E-state index in [9.17, 15) is 0 Å². The van der Waals surface area contributed by atoms with Gasteiger partial charge in [-0.25, -0.2) is 4.98 Å². The summed E-state index contributed by atoms with van der Waals surface area (Å²) in [5, 5.41) is 0. The fraction of sp³-hybridized carbons (Fsp3) is 0.143.